The Morgan fingerprint density at radius 3 is 3.00 bits per heavy atom. The highest BCUT2D eigenvalue weighted by Crippen LogP contribution is 2.18. The first-order chi connectivity index (χ1) is 8.28. The fraction of sp³-hybridized carbons (Fsp3) is 0.571. The van der Waals surface area contributed by atoms with E-state index in [1.165, 1.54) is 18.9 Å². The number of halogens is 2. The van der Waals surface area contributed by atoms with Crippen LogP contribution in [0.4, 0.5) is 4.39 Å². The molecule has 0 bridgehead atoms. The molecule has 1 fully saturated rings. The van der Waals surface area contributed by atoms with E-state index in [0.29, 0.717) is 0 Å². The Bertz CT molecular complexity index is 357. The molecule has 1 aromatic rings. The van der Waals surface area contributed by atoms with E-state index in [2.05, 4.69) is 10.2 Å². The largest absolute Gasteiger partial charge is 0.319 e. The molecular weight excluding hydrogens is 251 g/mol. The van der Waals surface area contributed by atoms with Crippen molar-refractivity contribution in [3.63, 3.8) is 0 Å². The topological polar surface area (TPSA) is 15.3 Å². The van der Waals surface area contributed by atoms with Gasteiger partial charge in [-0.15, -0.1) is 12.4 Å². The van der Waals surface area contributed by atoms with Crippen LogP contribution >= 0.6 is 12.4 Å². The van der Waals surface area contributed by atoms with Gasteiger partial charge in [-0.2, -0.15) is 0 Å². The number of rotatable bonds is 4. The number of piperidine rings is 1. The van der Waals surface area contributed by atoms with Crippen LogP contribution in [0, 0.1) is 11.7 Å². The standard InChI is InChI=1S/C14H21FN2.ClH/c1-16-9-13-5-3-7-17(11-13)10-12-4-2-6-14(15)8-12;/h2,4,6,8,13,16H,3,5,7,9-11H2,1H3;1H. The molecule has 1 aromatic carbocycles. The summed E-state index contributed by atoms with van der Waals surface area (Å²) >= 11 is 0. The van der Waals surface area contributed by atoms with Crippen molar-refractivity contribution in [1.82, 2.24) is 10.2 Å². The minimum Gasteiger partial charge on any atom is -0.319 e. The molecule has 1 atom stereocenters. The predicted octanol–water partition coefficient (Wildman–Crippen LogP) is 2.68. The highest BCUT2D eigenvalue weighted by molar-refractivity contribution is 5.85. The first-order valence-electron chi connectivity index (χ1n) is 6.39. The summed E-state index contributed by atoms with van der Waals surface area (Å²) in [6.45, 7) is 4.21. The van der Waals surface area contributed by atoms with Crippen molar-refractivity contribution < 1.29 is 4.39 Å². The minimum atomic E-state index is -0.133. The molecule has 1 unspecified atom stereocenters. The predicted molar refractivity (Wildman–Crippen MR) is 75.6 cm³/mol. The molecule has 0 saturated carbocycles. The highest BCUT2D eigenvalue weighted by atomic mass is 35.5. The molecule has 4 heteroatoms. The number of nitrogens with one attached hydrogen (secondary N) is 1. The SMILES string of the molecule is CNCC1CCCN(Cc2cccc(F)c2)C1.Cl. The number of benzene rings is 1. The minimum absolute atomic E-state index is 0. The van der Waals surface area contributed by atoms with E-state index in [0.717, 1.165) is 37.7 Å². The van der Waals surface area contributed by atoms with Gasteiger partial charge in [-0.1, -0.05) is 12.1 Å². The quantitative estimate of drug-likeness (QED) is 0.907. The molecule has 102 valence electrons. The fourth-order valence-electron chi connectivity index (χ4n) is 2.64. The normalized spacial score (nSPS) is 20.4. The first kappa shape index (κ1) is 15.4. The zero-order chi connectivity index (χ0) is 12.1. The molecular formula is C14H22ClFN2. The van der Waals surface area contributed by atoms with E-state index in [1.54, 1.807) is 12.1 Å². The number of likely N-dealkylation sites (tertiary alicyclic amines) is 1. The molecule has 0 amide bonds. The van der Waals surface area contributed by atoms with Crippen LogP contribution in [0.1, 0.15) is 18.4 Å². The number of nitrogens with zero attached hydrogens (tertiary/aromatic N) is 1. The first-order valence-corrected chi connectivity index (χ1v) is 6.39. The van der Waals surface area contributed by atoms with Crippen LogP contribution in [-0.2, 0) is 6.54 Å². The van der Waals surface area contributed by atoms with Crippen molar-refractivity contribution in [2.75, 3.05) is 26.7 Å². The molecule has 1 aliphatic rings. The molecule has 2 rings (SSSR count). The van der Waals surface area contributed by atoms with Crippen molar-refractivity contribution in [3.8, 4) is 0 Å². The lowest BCUT2D eigenvalue weighted by Crippen LogP contribution is -2.38. The molecule has 0 aliphatic carbocycles. The van der Waals surface area contributed by atoms with Gasteiger partial charge in [0.15, 0.2) is 0 Å². The lowest BCUT2D eigenvalue weighted by atomic mass is 9.97. The zero-order valence-electron chi connectivity index (χ0n) is 10.9. The van der Waals surface area contributed by atoms with Gasteiger partial charge in [-0.05, 0) is 56.6 Å². The van der Waals surface area contributed by atoms with Gasteiger partial charge in [0.2, 0.25) is 0 Å². The molecule has 18 heavy (non-hydrogen) atoms. The van der Waals surface area contributed by atoms with E-state index >= 15 is 0 Å². The molecule has 0 spiro atoms. The highest BCUT2D eigenvalue weighted by Gasteiger charge is 2.19. The summed E-state index contributed by atoms with van der Waals surface area (Å²) in [6, 6.07) is 6.94. The second-order valence-electron chi connectivity index (χ2n) is 4.93. The van der Waals surface area contributed by atoms with Crippen LogP contribution in [0.25, 0.3) is 0 Å². The van der Waals surface area contributed by atoms with Gasteiger partial charge in [-0.25, -0.2) is 4.39 Å². The summed E-state index contributed by atoms with van der Waals surface area (Å²) in [7, 11) is 2.01. The van der Waals surface area contributed by atoms with Crippen LogP contribution in [-0.4, -0.2) is 31.6 Å². The lowest BCUT2D eigenvalue weighted by molar-refractivity contribution is 0.166. The monoisotopic (exact) mass is 272 g/mol. The molecule has 1 saturated heterocycles. The summed E-state index contributed by atoms with van der Waals surface area (Å²) in [6.07, 6.45) is 2.56. The molecule has 1 heterocycles. The Morgan fingerprint density at radius 2 is 2.28 bits per heavy atom. The van der Waals surface area contributed by atoms with Gasteiger partial charge in [0.25, 0.3) is 0 Å². The van der Waals surface area contributed by atoms with Gasteiger partial charge < -0.3 is 5.32 Å². The summed E-state index contributed by atoms with van der Waals surface area (Å²) < 4.78 is 13.1. The molecule has 1 N–H and O–H groups in total. The smallest absolute Gasteiger partial charge is 0.123 e. The third kappa shape index (κ3) is 4.56. The second kappa shape index (κ2) is 7.72. The molecule has 2 nitrogen and oxygen atoms in total. The van der Waals surface area contributed by atoms with Crippen LogP contribution in [0.5, 0.6) is 0 Å². The van der Waals surface area contributed by atoms with Gasteiger partial charge >= 0.3 is 0 Å². The third-order valence-corrected chi connectivity index (χ3v) is 3.39. The van der Waals surface area contributed by atoms with Crippen molar-refractivity contribution in [1.29, 1.82) is 0 Å². The van der Waals surface area contributed by atoms with Gasteiger partial charge in [0, 0.05) is 13.1 Å². The van der Waals surface area contributed by atoms with Crippen LogP contribution in [0.15, 0.2) is 24.3 Å². The molecule has 0 radical (unpaired) electrons. The number of hydrogen-bond acceptors (Lipinski definition) is 2. The average molecular weight is 273 g/mol. The van der Waals surface area contributed by atoms with E-state index in [-0.39, 0.29) is 18.2 Å². The zero-order valence-corrected chi connectivity index (χ0v) is 11.7. The molecule has 1 aliphatic heterocycles. The van der Waals surface area contributed by atoms with E-state index < -0.39 is 0 Å². The average Bonchev–Trinajstić information content (AvgIpc) is 2.30. The Labute approximate surface area is 115 Å². The maximum atomic E-state index is 13.1. The van der Waals surface area contributed by atoms with Crippen molar-refractivity contribution in [3.05, 3.63) is 35.6 Å². The maximum Gasteiger partial charge on any atom is 0.123 e. The van der Waals surface area contributed by atoms with Crippen LogP contribution < -0.4 is 5.32 Å². The van der Waals surface area contributed by atoms with E-state index in [1.807, 2.05) is 13.1 Å². The summed E-state index contributed by atoms with van der Waals surface area (Å²) in [4.78, 5) is 2.43. The summed E-state index contributed by atoms with van der Waals surface area (Å²) in [5, 5.41) is 3.24. The van der Waals surface area contributed by atoms with E-state index in [9.17, 15) is 4.39 Å². The van der Waals surface area contributed by atoms with Gasteiger partial charge in [0.1, 0.15) is 5.82 Å². The Balaban J connectivity index is 0.00000162. The Kier molecular flexibility index (Phi) is 6.61. The maximum absolute atomic E-state index is 13.1. The summed E-state index contributed by atoms with van der Waals surface area (Å²) in [5.74, 6) is 0.605. The molecule has 0 aromatic heterocycles. The Hall–Kier alpha value is -0.640. The van der Waals surface area contributed by atoms with Crippen molar-refractivity contribution >= 4 is 12.4 Å². The summed E-state index contributed by atoms with van der Waals surface area (Å²) in [5.41, 5.74) is 1.08. The van der Waals surface area contributed by atoms with Crippen LogP contribution in [0.3, 0.4) is 0 Å². The Morgan fingerprint density at radius 1 is 1.44 bits per heavy atom. The second-order valence-corrected chi connectivity index (χ2v) is 4.93. The van der Waals surface area contributed by atoms with Gasteiger partial charge in [0.05, 0.1) is 0 Å². The lowest BCUT2D eigenvalue weighted by Gasteiger charge is -2.32. The van der Waals surface area contributed by atoms with Crippen molar-refractivity contribution in [2.45, 2.75) is 19.4 Å². The number of hydrogen-bond donors (Lipinski definition) is 1. The van der Waals surface area contributed by atoms with Crippen molar-refractivity contribution in [2.24, 2.45) is 5.92 Å². The third-order valence-electron chi connectivity index (χ3n) is 3.39. The van der Waals surface area contributed by atoms with Crippen LogP contribution in [0.2, 0.25) is 0 Å². The van der Waals surface area contributed by atoms with E-state index in [4.69, 9.17) is 0 Å². The fourth-order valence-corrected chi connectivity index (χ4v) is 2.64. The van der Waals surface area contributed by atoms with Gasteiger partial charge in [-0.3, -0.25) is 4.90 Å².